The van der Waals surface area contributed by atoms with E-state index < -0.39 is 0 Å². The van der Waals surface area contributed by atoms with Crippen LogP contribution in [-0.4, -0.2) is 22.6 Å². The van der Waals surface area contributed by atoms with Crippen LogP contribution in [0, 0.1) is 0 Å². The summed E-state index contributed by atoms with van der Waals surface area (Å²) in [6.07, 6.45) is 0. The van der Waals surface area contributed by atoms with E-state index in [2.05, 4.69) is 15.4 Å². The fourth-order valence-corrected chi connectivity index (χ4v) is 0.654. The Bertz CT molecular complexity index is 142. The van der Waals surface area contributed by atoms with Crippen molar-refractivity contribution in [3.05, 3.63) is 36.4 Å². The maximum Gasteiger partial charge on any atom is 0.284 e. The molecule has 1 aliphatic rings. The van der Waals surface area contributed by atoms with Gasteiger partial charge in [-0.2, -0.15) is 0 Å². The highest BCUT2D eigenvalue weighted by Crippen LogP contribution is 1.79. The van der Waals surface area contributed by atoms with Crippen LogP contribution >= 0.6 is 0 Å². The lowest BCUT2D eigenvalue weighted by molar-refractivity contribution is 1.28. The SMILES string of the molecule is [B]1N[B]N[B]N1.c1ccccc1. The van der Waals surface area contributed by atoms with Gasteiger partial charge in [0.2, 0.25) is 0 Å². The normalized spacial score (nSPS) is 14.0. The first kappa shape index (κ1) is 9.38. The van der Waals surface area contributed by atoms with Crippen molar-refractivity contribution in [2.24, 2.45) is 0 Å². The van der Waals surface area contributed by atoms with E-state index in [4.69, 9.17) is 0 Å². The van der Waals surface area contributed by atoms with Gasteiger partial charge in [-0.05, 0) is 0 Å². The van der Waals surface area contributed by atoms with Gasteiger partial charge in [0.1, 0.15) is 0 Å². The molecule has 2 rings (SSSR count). The van der Waals surface area contributed by atoms with Gasteiger partial charge in [0.15, 0.2) is 0 Å². The van der Waals surface area contributed by atoms with Crippen molar-refractivity contribution >= 4 is 22.6 Å². The third-order valence-electron chi connectivity index (χ3n) is 1.17. The van der Waals surface area contributed by atoms with Crippen molar-refractivity contribution in [1.29, 1.82) is 0 Å². The molecule has 0 aliphatic carbocycles. The summed E-state index contributed by atoms with van der Waals surface area (Å²) in [4.78, 5) is 0. The molecule has 0 amide bonds. The monoisotopic (exact) mass is 156 g/mol. The topological polar surface area (TPSA) is 36.1 Å². The van der Waals surface area contributed by atoms with Crippen molar-refractivity contribution in [3.63, 3.8) is 0 Å². The summed E-state index contributed by atoms with van der Waals surface area (Å²) in [7, 11) is 5.16. The third kappa shape index (κ3) is 5.01. The van der Waals surface area contributed by atoms with Crippen molar-refractivity contribution in [3.8, 4) is 0 Å². The van der Waals surface area contributed by atoms with Crippen LogP contribution in [0.4, 0.5) is 0 Å². The highest BCUT2D eigenvalue weighted by atomic mass is 15.0. The molecular formula is C6H9B3N3. The van der Waals surface area contributed by atoms with Gasteiger partial charge in [0.25, 0.3) is 22.6 Å². The lowest BCUT2D eigenvalue weighted by Crippen LogP contribution is -2.55. The van der Waals surface area contributed by atoms with Crippen molar-refractivity contribution in [2.75, 3.05) is 0 Å². The first-order chi connectivity index (χ1) is 6.00. The summed E-state index contributed by atoms with van der Waals surface area (Å²) in [5.74, 6) is 0. The van der Waals surface area contributed by atoms with E-state index in [1.54, 1.807) is 22.6 Å². The van der Waals surface area contributed by atoms with E-state index in [1.807, 2.05) is 36.4 Å². The number of nitrogens with one attached hydrogen (secondary N) is 3. The van der Waals surface area contributed by atoms with Gasteiger partial charge in [-0.15, -0.1) is 0 Å². The largest absolute Gasteiger partial charge is 0.379 e. The van der Waals surface area contributed by atoms with Crippen molar-refractivity contribution in [1.82, 2.24) is 15.4 Å². The predicted octanol–water partition coefficient (Wildman–Crippen LogP) is -0.942. The van der Waals surface area contributed by atoms with E-state index in [0.29, 0.717) is 0 Å². The molecule has 0 spiro atoms. The van der Waals surface area contributed by atoms with Crippen LogP contribution in [0.25, 0.3) is 0 Å². The summed E-state index contributed by atoms with van der Waals surface area (Å²) in [5, 5.41) is 8.34. The summed E-state index contributed by atoms with van der Waals surface area (Å²) in [6.45, 7) is 0. The molecule has 1 aromatic rings. The number of benzene rings is 1. The van der Waals surface area contributed by atoms with Gasteiger partial charge in [0, 0.05) is 0 Å². The summed E-state index contributed by atoms with van der Waals surface area (Å²) < 4.78 is 0. The van der Waals surface area contributed by atoms with Gasteiger partial charge in [-0.25, -0.2) is 0 Å². The Morgan fingerprint density at radius 3 is 0.917 bits per heavy atom. The summed E-state index contributed by atoms with van der Waals surface area (Å²) >= 11 is 0. The molecule has 1 aromatic carbocycles. The summed E-state index contributed by atoms with van der Waals surface area (Å²) in [5.41, 5.74) is 0. The first-order valence-electron chi connectivity index (χ1n) is 3.73. The molecule has 3 nitrogen and oxygen atoms in total. The summed E-state index contributed by atoms with van der Waals surface area (Å²) in [6, 6.07) is 12.0. The molecule has 0 bridgehead atoms. The molecule has 0 aromatic heterocycles. The van der Waals surface area contributed by atoms with E-state index in [1.165, 1.54) is 0 Å². The van der Waals surface area contributed by atoms with Crippen molar-refractivity contribution < 1.29 is 0 Å². The molecule has 0 unspecified atom stereocenters. The minimum atomic E-state index is 1.72. The number of hydrogen-bond donors (Lipinski definition) is 3. The van der Waals surface area contributed by atoms with Gasteiger partial charge >= 0.3 is 0 Å². The zero-order chi connectivity index (χ0) is 8.49. The average Bonchev–Trinajstić information content (AvgIpc) is 2.24. The second kappa shape index (κ2) is 6.97. The van der Waals surface area contributed by atoms with Crippen LogP contribution in [0.2, 0.25) is 0 Å². The van der Waals surface area contributed by atoms with Crippen LogP contribution in [0.3, 0.4) is 0 Å². The molecule has 12 heavy (non-hydrogen) atoms. The van der Waals surface area contributed by atoms with Crippen LogP contribution < -0.4 is 15.4 Å². The first-order valence-corrected chi connectivity index (χ1v) is 3.73. The van der Waals surface area contributed by atoms with Gasteiger partial charge in [-0.3, -0.25) is 0 Å². The zero-order valence-electron chi connectivity index (χ0n) is 6.70. The highest BCUT2D eigenvalue weighted by Gasteiger charge is 1.98. The Morgan fingerprint density at radius 1 is 0.500 bits per heavy atom. The third-order valence-corrected chi connectivity index (χ3v) is 1.17. The Kier molecular flexibility index (Phi) is 5.45. The Labute approximate surface area is 75.2 Å². The maximum absolute atomic E-state index is 2.78. The highest BCUT2D eigenvalue weighted by molar-refractivity contribution is 6.65. The van der Waals surface area contributed by atoms with Gasteiger partial charge < -0.3 is 15.4 Å². The minimum Gasteiger partial charge on any atom is -0.379 e. The smallest absolute Gasteiger partial charge is 0.284 e. The lowest BCUT2D eigenvalue weighted by atomic mass is 9.85. The van der Waals surface area contributed by atoms with E-state index in [0.717, 1.165) is 0 Å². The Morgan fingerprint density at radius 2 is 0.750 bits per heavy atom. The average molecular weight is 156 g/mol. The zero-order valence-corrected chi connectivity index (χ0v) is 6.70. The van der Waals surface area contributed by atoms with Gasteiger partial charge in [0.05, 0.1) is 0 Å². The second-order valence-electron chi connectivity index (χ2n) is 2.09. The fourth-order valence-electron chi connectivity index (χ4n) is 0.654. The molecule has 3 radical (unpaired) electrons. The van der Waals surface area contributed by atoms with Gasteiger partial charge in [-0.1, -0.05) is 36.4 Å². The molecule has 1 aliphatic heterocycles. The van der Waals surface area contributed by atoms with Crippen LogP contribution in [0.5, 0.6) is 0 Å². The quantitative estimate of drug-likeness (QED) is 0.424. The molecule has 0 saturated carbocycles. The molecule has 0 atom stereocenters. The number of hydrogen-bond acceptors (Lipinski definition) is 3. The van der Waals surface area contributed by atoms with Crippen LogP contribution in [0.15, 0.2) is 36.4 Å². The van der Waals surface area contributed by atoms with Crippen molar-refractivity contribution in [2.45, 2.75) is 0 Å². The second-order valence-corrected chi connectivity index (χ2v) is 2.09. The van der Waals surface area contributed by atoms with Crippen LogP contribution in [0.1, 0.15) is 0 Å². The standard InChI is InChI=1S/C6H6.B3H3N3/c1-2-4-6-5-3-1;1-4-2-6-3-5-1/h1-6H;4-6H. The van der Waals surface area contributed by atoms with E-state index >= 15 is 0 Å². The number of rotatable bonds is 0. The lowest BCUT2D eigenvalue weighted by Gasteiger charge is -2.07. The molecule has 3 N–H and O–H groups in total. The predicted molar refractivity (Wildman–Crippen MR) is 53.1 cm³/mol. The molecule has 57 valence electrons. The van der Waals surface area contributed by atoms with E-state index in [9.17, 15) is 0 Å². The Hall–Kier alpha value is -0.705. The molecular weight excluding hydrogens is 147 g/mol. The maximum atomic E-state index is 2.78. The molecule has 1 heterocycles. The Balaban J connectivity index is 0.000000120. The fraction of sp³-hybridized carbons (Fsp3) is 0. The minimum absolute atomic E-state index is 1.72. The van der Waals surface area contributed by atoms with Crippen LogP contribution in [-0.2, 0) is 0 Å². The molecule has 6 heteroatoms. The molecule has 1 fully saturated rings. The van der Waals surface area contributed by atoms with E-state index in [-0.39, 0.29) is 0 Å². The molecule has 1 saturated heterocycles.